The Morgan fingerprint density at radius 1 is 1.53 bits per heavy atom. The summed E-state index contributed by atoms with van der Waals surface area (Å²) in [4.78, 5) is 11.6. The van der Waals surface area contributed by atoms with E-state index >= 15 is 0 Å². The molecule has 0 saturated heterocycles. The molecule has 0 spiro atoms. The molecule has 0 aromatic heterocycles. The fourth-order valence-electron chi connectivity index (χ4n) is 0.952. The van der Waals surface area contributed by atoms with E-state index in [1.807, 2.05) is 6.07 Å². The van der Waals surface area contributed by atoms with Crippen molar-refractivity contribution in [2.45, 2.75) is 12.5 Å². The molecule has 1 atom stereocenters. The number of rotatable bonds is 2. The van der Waals surface area contributed by atoms with E-state index in [-0.39, 0.29) is 5.91 Å². The van der Waals surface area contributed by atoms with Crippen LogP contribution in [-0.4, -0.2) is 11.4 Å². The van der Waals surface area contributed by atoms with Crippen LogP contribution in [0.3, 0.4) is 0 Å². The minimum absolute atomic E-state index is 0.342. The van der Waals surface area contributed by atoms with Crippen LogP contribution in [-0.2, 0) is 0 Å². The molecule has 0 fully saturated rings. The summed E-state index contributed by atoms with van der Waals surface area (Å²) in [5, 5.41) is 11.7. The van der Waals surface area contributed by atoms with Gasteiger partial charge in [0.1, 0.15) is 5.54 Å². The van der Waals surface area contributed by atoms with Gasteiger partial charge < -0.3 is 5.32 Å². The number of nitrogens with zero attached hydrogens (tertiary/aromatic N) is 1. The van der Waals surface area contributed by atoms with E-state index in [1.165, 1.54) is 6.92 Å². The highest BCUT2D eigenvalue weighted by Crippen LogP contribution is 2.10. The SMILES string of the molecule is [CH2]C(C)(C#N)NC(=O)c1ccc(Cl)cc1. The van der Waals surface area contributed by atoms with Crippen molar-refractivity contribution in [1.82, 2.24) is 5.32 Å². The first-order valence-corrected chi connectivity index (χ1v) is 4.67. The second-order valence-corrected chi connectivity index (χ2v) is 3.84. The Balaban J connectivity index is 2.79. The van der Waals surface area contributed by atoms with Crippen molar-refractivity contribution in [3.63, 3.8) is 0 Å². The fourth-order valence-corrected chi connectivity index (χ4v) is 1.08. The molecule has 77 valence electrons. The lowest BCUT2D eigenvalue weighted by Crippen LogP contribution is -2.42. The number of halogens is 1. The van der Waals surface area contributed by atoms with E-state index in [0.29, 0.717) is 10.6 Å². The summed E-state index contributed by atoms with van der Waals surface area (Å²) in [6, 6.07) is 8.29. The van der Waals surface area contributed by atoms with Crippen LogP contribution in [0.15, 0.2) is 24.3 Å². The van der Waals surface area contributed by atoms with Crippen molar-refractivity contribution in [3.05, 3.63) is 41.8 Å². The minimum Gasteiger partial charge on any atom is -0.334 e. The summed E-state index contributed by atoms with van der Waals surface area (Å²) >= 11 is 5.68. The molecule has 1 amide bonds. The van der Waals surface area contributed by atoms with Gasteiger partial charge in [-0.25, -0.2) is 0 Å². The molecule has 0 aliphatic rings. The highest BCUT2D eigenvalue weighted by atomic mass is 35.5. The Hall–Kier alpha value is -1.53. The molecule has 1 aromatic carbocycles. The smallest absolute Gasteiger partial charge is 0.252 e. The number of hydrogen-bond donors (Lipinski definition) is 1. The molecule has 1 aromatic rings. The summed E-state index contributed by atoms with van der Waals surface area (Å²) < 4.78 is 0. The Labute approximate surface area is 93.7 Å². The van der Waals surface area contributed by atoms with E-state index in [2.05, 4.69) is 12.2 Å². The highest BCUT2D eigenvalue weighted by molar-refractivity contribution is 6.30. The fraction of sp³-hybridized carbons (Fsp3) is 0.182. The number of benzene rings is 1. The number of carbonyl (C=O) groups is 1. The van der Waals surface area contributed by atoms with Crippen LogP contribution in [0.5, 0.6) is 0 Å². The summed E-state index contributed by atoms with van der Waals surface area (Å²) in [5.41, 5.74) is -0.666. The number of carbonyl (C=O) groups excluding carboxylic acids is 1. The number of nitriles is 1. The summed E-state index contributed by atoms with van der Waals surface area (Å²) in [6.45, 7) is 5.08. The lowest BCUT2D eigenvalue weighted by molar-refractivity contribution is 0.0935. The largest absolute Gasteiger partial charge is 0.334 e. The van der Waals surface area contributed by atoms with Crippen LogP contribution in [0.4, 0.5) is 0 Å². The number of nitrogens with one attached hydrogen (secondary N) is 1. The third-order valence-corrected chi connectivity index (χ3v) is 1.99. The lowest BCUT2D eigenvalue weighted by atomic mass is 10.1. The van der Waals surface area contributed by atoms with Crippen LogP contribution in [0, 0.1) is 18.3 Å². The molecule has 0 aliphatic heterocycles. The molecule has 1 N–H and O–H groups in total. The minimum atomic E-state index is -1.11. The third-order valence-electron chi connectivity index (χ3n) is 1.74. The van der Waals surface area contributed by atoms with Crippen molar-refractivity contribution in [2.24, 2.45) is 0 Å². The Morgan fingerprint density at radius 2 is 2.07 bits per heavy atom. The Morgan fingerprint density at radius 3 is 2.53 bits per heavy atom. The van der Waals surface area contributed by atoms with Gasteiger partial charge in [0.25, 0.3) is 5.91 Å². The van der Waals surface area contributed by atoms with Crippen LogP contribution < -0.4 is 5.32 Å². The molecular weight excluding hydrogens is 212 g/mol. The van der Waals surface area contributed by atoms with Gasteiger partial charge in [-0.2, -0.15) is 5.26 Å². The maximum absolute atomic E-state index is 11.6. The van der Waals surface area contributed by atoms with Gasteiger partial charge in [-0.3, -0.25) is 4.79 Å². The molecule has 0 heterocycles. The Kier molecular flexibility index (Phi) is 3.33. The zero-order valence-electron chi connectivity index (χ0n) is 8.25. The molecule has 0 aliphatic carbocycles. The van der Waals surface area contributed by atoms with Crippen LogP contribution in [0.2, 0.25) is 5.02 Å². The van der Waals surface area contributed by atoms with E-state index in [0.717, 1.165) is 0 Å². The molecule has 0 saturated carbocycles. The second kappa shape index (κ2) is 4.33. The molecule has 1 unspecified atom stereocenters. The molecule has 1 radical (unpaired) electrons. The molecular formula is C11H10ClN2O. The van der Waals surface area contributed by atoms with Crippen molar-refractivity contribution >= 4 is 17.5 Å². The lowest BCUT2D eigenvalue weighted by Gasteiger charge is -2.17. The standard InChI is InChI=1S/C11H10ClN2O/c1-11(2,7-13)14-10(15)8-3-5-9(12)6-4-8/h3-6H,1H2,2H3,(H,14,15). The first kappa shape index (κ1) is 11.5. The van der Waals surface area contributed by atoms with E-state index in [9.17, 15) is 4.79 Å². The monoisotopic (exact) mass is 221 g/mol. The zero-order chi connectivity index (χ0) is 11.5. The number of hydrogen-bond acceptors (Lipinski definition) is 2. The molecule has 4 heteroatoms. The molecule has 1 rings (SSSR count). The topological polar surface area (TPSA) is 52.9 Å². The average Bonchev–Trinajstić information content (AvgIpc) is 2.18. The van der Waals surface area contributed by atoms with Crippen molar-refractivity contribution in [3.8, 4) is 6.07 Å². The summed E-state index contributed by atoms with van der Waals surface area (Å²) in [6.07, 6.45) is 0. The van der Waals surface area contributed by atoms with Gasteiger partial charge in [0.15, 0.2) is 0 Å². The maximum atomic E-state index is 11.6. The average molecular weight is 222 g/mol. The van der Waals surface area contributed by atoms with Gasteiger partial charge in [0.05, 0.1) is 6.07 Å². The van der Waals surface area contributed by atoms with Crippen molar-refractivity contribution in [1.29, 1.82) is 5.26 Å². The van der Waals surface area contributed by atoms with Gasteiger partial charge >= 0.3 is 0 Å². The van der Waals surface area contributed by atoms with E-state index in [4.69, 9.17) is 16.9 Å². The van der Waals surface area contributed by atoms with E-state index < -0.39 is 5.54 Å². The van der Waals surface area contributed by atoms with Gasteiger partial charge in [0.2, 0.25) is 0 Å². The molecule has 3 nitrogen and oxygen atoms in total. The van der Waals surface area contributed by atoms with Gasteiger partial charge in [-0.05, 0) is 38.1 Å². The van der Waals surface area contributed by atoms with Gasteiger partial charge in [-0.15, -0.1) is 0 Å². The normalized spacial score (nSPS) is 10.5. The quantitative estimate of drug-likeness (QED) is 0.832. The predicted molar refractivity (Wildman–Crippen MR) is 58.3 cm³/mol. The first-order valence-electron chi connectivity index (χ1n) is 4.29. The highest BCUT2D eigenvalue weighted by Gasteiger charge is 2.20. The molecule has 15 heavy (non-hydrogen) atoms. The van der Waals surface area contributed by atoms with Crippen molar-refractivity contribution in [2.75, 3.05) is 0 Å². The number of amides is 1. The summed E-state index contributed by atoms with van der Waals surface area (Å²) in [7, 11) is 0. The molecule has 0 bridgehead atoms. The summed E-state index contributed by atoms with van der Waals surface area (Å²) in [5.74, 6) is -0.342. The first-order chi connectivity index (χ1) is 6.94. The second-order valence-electron chi connectivity index (χ2n) is 3.40. The van der Waals surface area contributed by atoms with Gasteiger partial charge in [-0.1, -0.05) is 11.6 Å². The zero-order valence-corrected chi connectivity index (χ0v) is 9.01. The van der Waals surface area contributed by atoms with Crippen LogP contribution in [0.25, 0.3) is 0 Å². The maximum Gasteiger partial charge on any atom is 0.252 e. The van der Waals surface area contributed by atoms with Gasteiger partial charge in [0, 0.05) is 10.6 Å². The Bertz CT molecular complexity index is 404. The predicted octanol–water partition coefficient (Wildman–Crippen LogP) is 2.19. The third kappa shape index (κ3) is 3.26. The van der Waals surface area contributed by atoms with E-state index in [1.54, 1.807) is 24.3 Å². The van der Waals surface area contributed by atoms with Crippen LogP contribution in [0.1, 0.15) is 17.3 Å². The van der Waals surface area contributed by atoms with Crippen molar-refractivity contribution < 1.29 is 4.79 Å². The van der Waals surface area contributed by atoms with Crippen LogP contribution >= 0.6 is 11.6 Å².